The Morgan fingerprint density at radius 1 is 1.30 bits per heavy atom. The third-order valence-electron chi connectivity index (χ3n) is 3.64. The second kappa shape index (κ2) is 7.29. The molecule has 20 heavy (non-hydrogen) atoms. The van der Waals surface area contributed by atoms with Gasteiger partial charge < -0.3 is 15.1 Å². The molecule has 0 radical (unpaired) electrons. The average molecular weight is 279 g/mol. The summed E-state index contributed by atoms with van der Waals surface area (Å²) in [6.45, 7) is 7.80. The third kappa shape index (κ3) is 5.21. The number of aliphatic hydroxyl groups is 1. The maximum atomic E-state index is 10.1. The topological polar surface area (TPSA) is 62.0 Å². The molecule has 2 N–H and O–H groups in total. The van der Waals surface area contributed by atoms with Crippen LogP contribution in [-0.2, 0) is 6.42 Å². The van der Waals surface area contributed by atoms with E-state index in [0.717, 1.165) is 29.9 Å². The summed E-state index contributed by atoms with van der Waals surface area (Å²) in [6.07, 6.45) is 1.57. The van der Waals surface area contributed by atoms with E-state index in [1.165, 1.54) is 0 Å². The highest BCUT2D eigenvalue weighted by molar-refractivity contribution is 5.81. The summed E-state index contributed by atoms with van der Waals surface area (Å²) in [5, 5.41) is 21.9. The van der Waals surface area contributed by atoms with Crippen LogP contribution < -0.4 is 4.74 Å². The van der Waals surface area contributed by atoms with Crippen LogP contribution in [0.5, 0.6) is 5.75 Å². The molecule has 0 aliphatic heterocycles. The van der Waals surface area contributed by atoms with Gasteiger partial charge in [0.1, 0.15) is 12.4 Å². The molecule has 1 atom stereocenters. The van der Waals surface area contributed by atoms with E-state index in [4.69, 9.17) is 9.94 Å². The zero-order valence-electron chi connectivity index (χ0n) is 12.8. The van der Waals surface area contributed by atoms with Crippen LogP contribution in [0.1, 0.15) is 39.7 Å². The summed E-state index contributed by atoms with van der Waals surface area (Å²) in [5.74, 6) is 0.893. The molecule has 112 valence electrons. The van der Waals surface area contributed by atoms with Crippen molar-refractivity contribution in [2.75, 3.05) is 6.61 Å². The second-order valence-electron chi connectivity index (χ2n) is 5.78. The largest absolute Gasteiger partial charge is 0.491 e. The third-order valence-corrected chi connectivity index (χ3v) is 3.64. The van der Waals surface area contributed by atoms with Gasteiger partial charge in [0.2, 0.25) is 0 Å². The molecular weight excluding hydrogens is 254 g/mol. The van der Waals surface area contributed by atoms with Gasteiger partial charge in [-0.15, -0.1) is 0 Å². The zero-order chi connectivity index (χ0) is 15.2. The number of rotatable bonds is 7. The van der Waals surface area contributed by atoms with Gasteiger partial charge in [0.05, 0.1) is 11.3 Å². The molecule has 0 aliphatic carbocycles. The molecule has 0 spiro atoms. The number of oxime groups is 1. The Labute approximate surface area is 121 Å². The lowest BCUT2D eigenvalue weighted by Crippen LogP contribution is -2.37. The Morgan fingerprint density at radius 3 is 2.40 bits per heavy atom. The highest BCUT2D eigenvalue weighted by Crippen LogP contribution is 2.19. The molecule has 4 nitrogen and oxygen atoms in total. The van der Waals surface area contributed by atoms with Crippen LogP contribution >= 0.6 is 0 Å². The molecule has 0 saturated carbocycles. The smallest absolute Gasteiger partial charge is 0.119 e. The molecule has 0 aromatic heterocycles. The summed E-state index contributed by atoms with van der Waals surface area (Å²) in [6, 6.07) is 7.78. The number of hydrogen-bond donors (Lipinski definition) is 2. The Hall–Kier alpha value is -1.55. The van der Waals surface area contributed by atoms with Gasteiger partial charge in [-0.05, 0) is 50.3 Å². The number of benzene rings is 1. The van der Waals surface area contributed by atoms with Crippen LogP contribution in [0.15, 0.2) is 29.4 Å². The lowest BCUT2D eigenvalue weighted by atomic mass is 9.94. The highest BCUT2D eigenvalue weighted by atomic mass is 16.5. The Balaban J connectivity index is 2.51. The fourth-order valence-electron chi connectivity index (χ4n) is 1.52. The number of ether oxygens (including phenoxy) is 1. The molecule has 1 unspecified atom stereocenters. The van der Waals surface area contributed by atoms with E-state index in [0.29, 0.717) is 0 Å². The fourth-order valence-corrected chi connectivity index (χ4v) is 1.52. The maximum Gasteiger partial charge on any atom is 0.119 e. The van der Waals surface area contributed by atoms with Crippen LogP contribution in [0, 0.1) is 5.92 Å². The highest BCUT2D eigenvalue weighted by Gasteiger charge is 2.25. The summed E-state index contributed by atoms with van der Waals surface area (Å²) >= 11 is 0. The van der Waals surface area contributed by atoms with Crippen molar-refractivity contribution in [3.05, 3.63) is 29.8 Å². The molecule has 0 amide bonds. The first-order valence-electron chi connectivity index (χ1n) is 6.97. The van der Waals surface area contributed by atoms with Gasteiger partial charge in [-0.2, -0.15) is 0 Å². The van der Waals surface area contributed by atoms with Gasteiger partial charge in [0, 0.05) is 0 Å². The van der Waals surface area contributed by atoms with E-state index in [1.54, 1.807) is 13.8 Å². The van der Waals surface area contributed by atoms with E-state index in [-0.39, 0.29) is 12.5 Å². The summed E-state index contributed by atoms with van der Waals surface area (Å²) in [7, 11) is 0. The van der Waals surface area contributed by atoms with Crippen molar-refractivity contribution in [1.82, 2.24) is 0 Å². The molecule has 1 aromatic rings. The Morgan fingerprint density at radius 2 is 1.90 bits per heavy atom. The lowest BCUT2D eigenvalue weighted by Gasteiger charge is -2.27. The normalized spacial score (nSPS) is 15.2. The van der Waals surface area contributed by atoms with Crippen LogP contribution in [0.25, 0.3) is 0 Å². The lowest BCUT2D eigenvalue weighted by molar-refractivity contribution is -0.0266. The zero-order valence-corrected chi connectivity index (χ0v) is 12.8. The van der Waals surface area contributed by atoms with Crippen LogP contribution in [0.4, 0.5) is 0 Å². The molecule has 0 fully saturated rings. The first-order chi connectivity index (χ1) is 9.35. The SMILES string of the molecule is C/C(CCc1ccc(OCC(C)(O)C(C)C)cc1)=N\O. The summed E-state index contributed by atoms with van der Waals surface area (Å²) < 4.78 is 5.62. The molecular formula is C16H25NO3. The number of nitrogens with zero attached hydrogens (tertiary/aromatic N) is 1. The van der Waals surface area contributed by atoms with E-state index in [9.17, 15) is 5.11 Å². The number of aryl methyl sites for hydroxylation is 1. The quantitative estimate of drug-likeness (QED) is 0.457. The predicted octanol–water partition coefficient (Wildman–Crippen LogP) is 3.26. The van der Waals surface area contributed by atoms with E-state index >= 15 is 0 Å². The van der Waals surface area contributed by atoms with Crippen molar-refractivity contribution >= 4 is 5.71 Å². The van der Waals surface area contributed by atoms with Crippen molar-refractivity contribution in [3.8, 4) is 5.75 Å². The number of hydrogen-bond acceptors (Lipinski definition) is 4. The molecule has 0 bridgehead atoms. The van der Waals surface area contributed by atoms with Crippen LogP contribution in [0.2, 0.25) is 0 Å². The van der Waals surface area contributed by atoms with Crippen molar-refractivity contribution in [1.29, 1.82) is 0 Å². The fraction of sp³-hybridized carbons (Fsp3) is 0.562. The van der Waals surface area contributed by atoms with Gasteiger partial charge in [0.25, 0.3) is 0 Å². The second-order valence-corrected chi connectivity index (χ2v) is 5.78. The van der Waals surface area contributed by atoms with Crippen molar-refractivity contribution in [3.63, 3.8) is 0 Å². The minimum atomic E-state index is -0.826. The van der Waals surface area contributed by atoms with Gasteiger partial charge in [0.15, 0.2) is 0 Å². The molecule has 4 heteroatoms. The van der Waals surface area contributed by atoms with Gasteiger partial charge >= 0.3 is 0 Å². The van der Waals surface area contributed by atoms with Gasteiger partial charge in [-0.25, -0.2) is 0 Å². The average Bonchev–Trinajstić information content (AvgIpc) is 2.43. The molecule has 0 aliphatic rings. The molecule has 1 aromatic carbocycles. The van der Waals surface area contributed by atoms with Crippen LogP contribution in [0.3, 0.4) is 0 Å². The van der Waals surface area contributed by atoms with Crippen molar-refractivity contribution in [2.45, 2.75) is 46.1 Å². The minimum Gasteiger partial charge on any atom is -0.491 e. The minimum absolute atomic E-state index is 0.141. The molecule has 0 heterocycles. The van der Waals surface area contributed by atoms with Crippen molar-refractivity contribution < 1.29 is 15.1 Å². The first kappa shape index (κ1) is 16.5. The van der Waals surface area contributed by atoms with Gasteiger partial charge in [-0.3, -0.25) is 0 Å². The first-order valence-corrected chi connectivity index (χ1v) is 6.97. The van der Waals surface area contributed by atoms with E-state index < -0.39 is 5.60 Å². The van der Waals surface area contributed by atoms with E-state index in [2.05, 4.69) is 5.16 Å². The monoisotopic (exact) mass is 279 g/mol. The van der Waals surface area contributed by atoms with E-state index in [1.807, 2.05) is 38.1 Å². The van der Waals surface area contributed by atoms with Gasteiger partial charge in [-0.1, -0.05) is 31.1 Å². The van der Waals surface area contributed by atoms with Crippen LogP contribution in [-0.4, -0.2) is 28.2 Å². The summed E-state index contributed by atoms with van der Waals surface area (Å²) in [4.78, 5) is 0. The van der Waals surface area contributed by atoms with Crippen molar-refractivity contribution in [2.24, 2.45) is 11.1 Å². The Bertz CT molecular complexity index is 436. The maximum absolute atomic E-state index is 10.1. The standard InChI is InChI=1S/C16H25NO3/c1-12(2)16(4,18)11-20-15-9-7-14(8-10-15)6-5-13(3)17-19/h7-10,12,18-19H,5-6,11H2,1-4H3/b17-13+. The molecule has 0 saturated heterocycles. The Kier molecular flexibility index (Phi) is 6.02. The predicted molar refractivity (Wildman–Crippen MR) is 80.6 cm³/mol. The summed E-state index contributed by atoms with van der Waals surface area (Å²) in [5.41, 5.74) is 1.06. The molecule has 1 rings (SSSR count).